The van der Waals surface area contributed by atoms with Crippen LogP contribution in [0, 0.1) is 5.92 Å². The highest BCUT2D eigenvalue weighted by Gasteiger charge is 2.25. The van der Waals surface area contributed by atoms with Crippen LogP contribution in [-0.4, -0.2) is 42.9 Å². The molecular weight excluding hydrogens is 365 g/mol. The van der Waals surface area contributed by atoms with Gasteiger partial charge in [-0.25, -0.2) is 0 Å². The molecule has 0 spiro atoms. The zero-order valence-corrected chi connectivity index (χ0v) is 16.9. The number of benzene rings is 2. The summed E-state index contributed by atoms with van der Waals surface area (Å²) in [6.45, 7) is 2.97. The summed E-state index contributed by atoms with van der Waals surface area (Å²) in [5.41, 5.74) is 5.17. The third kappa shape index (κ3) is 4.99. The number of aromatic hydroxyl groups is 1. The van der Waals surface area contributed by atoms with Crippen molar-refractivity contribution in [3.05, 3.63) is 65.2 Å². The number of halogens is 1. The van der Waals surface area contributed by atoms with Gasteiger partial charge in [0.15, 0.2) is 0 Å². The highest BCUT2D eigenvalue weighted by molar-refractivity contribution is 5.82. The highest BCUT2D eigenvalue weighted by Crippen LogP contribution is 2.36. The standard InChI is InChI=1S/C25H30FNO2/c26-16-19-17-27(18-19)14-15-29-24-12-8-22(9-13-24)25(20-4-2-1-3-5-20)21-6-10-23(28)11-7-21/h6-13,19,28H,1-5,14-18H2. The fourth-order valence-corrected chi connectivity index (χ4v) is 4.40. The first-order chi connectivity index (χ1) is 14.2. The van der Waals surface area contributed by atoms with E-state index in [2.05, 4.69) is 17.0 Å². The number of phenols is 1. The smallest absolute Gasteiger partial charge is 0.119 e. The molecule has 2 fully saturated rings. The minimum Gasteiger partial charge on any atom is -0.508 e. The van der Waals surface area contributed by atoms with Crippen molar-refractivity contribution in [1.29, 1.82) is 0 Å². The van der Waals surface area contributed by atoms with Gasteiger partial charge in [0.25, 0.3) is 0 Å². The Morgan fingerprint density at radius 1 is 0.931 bits per heavy atom. The molecule has 4 rings (SSSR count). The minimum absolute atomic E-state index is 0.211. The molecule has 1 aliphatic carbocycles. The fraction of sp³-hybridized carbons (Fsp3) is 0.440. The molecule has 2 aromatic carbocycles. The number of rotatable bonds is 7. The van der Waals surface area contributed by atoms with Crippen LogP contribution in [0.2, 0.25) is 0 Å². The Morgan fingerprint density at radius 3 is 2.17 bits per heavy atom. The van der Waals surface area contributed by atoms with Crippen LogP contribution in [0.1, 0.15) is 43.2 Å². The second kappa shape index (κ2) is 9.45. The summed E-state index contributed by atoms with van der Waals surface area (Å²) in [5.74, 6) is 1.39. The molecule has 4 heteroatoms. The molecule has 0 radical (unpaired) electrons. The summed E-state index contributed by atoms with van der Waals surface area (Å²) < 4.78 is 18.4. The van der Waals surface area contributed by atoms with Crippen molar-refractivity contribution >= 4 is 5.57 Å². The third-order valence-electron chi connectivity index (χ3n) is 6.04. The second-order valence-electron chi connectivity index (χ2n) is 8.24. The van der Waals surface area contributed by atoms with Crippen molar-refractivity contribution in [1.82, 2.24) is 4.90 Å². The van der Waals surface area contributed by atoms with E-state index in [0.717, 1.165) is 43.8 Å². The molecule has 29 heavy (non-hydrogen) atoms. The van der Waals surface area contributed by atoms with E-state index in [1.54, 1.807) is 12.1 Å². The van der Waals surface area contributed by atoms with E-state index in [1.165, 1.54) is 36.0 Å². The summed E-state index contributed by atoms with van der Waals surface area (Å²) in [5, 5.41) is 9.67. The van der Waals surface area contributed by atoms with Crippen LogP contribution in [-0.2, 0) is 0 Å². The Balaban J connectivity index is 1.45. The van der Waals surface area contributed by atoms with Crippen molar-refractivity contribution in [2.24, 2.45) is 5.92 Å². The van der Waals surface area contributed by atoms with E-state index in [4.69, 9.17) is 4.74 Å². The maximum atomic E-state index is 12.5. The molecule has 3 nitrogen and oxygen atoms in total. The molecule has 154 valence electrons. The Morgan fingerprint density at radius 2 is 1.55 bits per heavy atom. The zero-order chi connectivity index (χ0) is 20.1. The lowest BCUT2D eigenvalue weighted by Gasteiger charge is -2.37. The molecule has 1 saturated heterocycles. The number of phenolic OH excluding ortho intramolecular Hbond substituents is 1. The highest BCUT2D eigenvalue weighted by atomic mass is 19.1. The summed E-state index contributed by atoms with van der Waals surface area (Å²) in [4.78, 5) is 2.23. The number of allylic oxidation sites excluding steroid dienone is 1. The minimum atomic E-state index is -0.211. The Hall–Kier alpha value is -2.33. The fourth-order valence-electron chi connectivity index (χ4n) is 4.40. The van der Waals surface area contributed by atoms with Crippen LogP contribution in [0.25, 0.3) is 5.57 Å². The molecular formula is C25H30FNO2. The van der Waals surface area contributed by atoms with Gasteiger partial charge in [-0.3, -0.25) is 9.29 Å². The predicted molar refractivity (Wildman–Crippen MR) is 115 cm³/mol. The van der Waals surface area contributed by atoms with Crippen molar-refractivity contribution in [3.63, 3.8) is 0 Å². The van der Waals surface area contributed by atoms with Crippen LogP contribution in [0.15, 0.2) is 54.1 Å². The average Bonchev–Trinajstić information content (AvgIpc) is 2.73. The number of likely N-dealkylation sites (tertiary alicyclic amines) is 1. The van der Waals surface area contributed by atoms with Crippen molar-refractivity contribution < 1.29 is 14.2 Å². The molecule has 1 saturated carbocycles. The van der Waals surface area contributed by atoms with Crippen molar-refractivity contribution in [2.45, 2.75) is 32.1 Å². The molecule has 1 N–H and O–H groups in total. The molecule has 2 aromatic rings. The first-order valence-electron chi connectivity index (χ1n) is 10.8. The monoisotopic (exact) mass is 395 g/mol. The van der Waals surface area contributed by atoms with Crippen LogP contribution < -0.4 is 4.74 Å². The lowest BCUT2D eigenvalue weighted by molar-refractivity contribution is 0.0668. The van der Waals surface area contributed by atoms with Crippen LogP contribution >= 0.6 is 0 Å². The quantitative estimate of drug-likeness (QED) is 0.678. The predicted octanol–water partition coefficient (Wildman–Crippen LogP) is 5.44. The van der Waals surface area contributed by atoms with E-state index in [1.807, 2.05) is 24.3 Å². The van der Waals surface area contributed by atoms with Gasteiger partial charge in [-0.2, -0.15) is 0 Å². The van der Waals surface area contributed by atoms with E-state index >= 15 is 0 Å². The lowest BCUT2D eigenvalue weighted by atomic mass is 9.85. The largest absolute Gasteiger partial charge is 0.508 e. The summed E-state index contributed by atoms with van der Waals surface area (Å²) >= 11 is 0. The Labute approximate surface area is 172 Å². The van der Waals surface area contributed by atoms with Crippen LogP contribution in [0.5, 0.6) is 11.5 Å². The Kier molecular flexibility index (Phi) is 6.50. The van der Waals surface area contributed by atoms with E-state index in [0.29, 0.717) is 12.4 Å². The second-order valence-corrected chi connectivity index (χ2v) is 8.24. The van der Waals surface area contributed by atoms with Crippen molar-refractivity contribution in [2.75, 3.05) is 32.9 Å². The molecule has 0 atom stereocenters. The third-order valence-corrected chi connectivity index (χ3v) is 6.04. The topological polar surface area (TPSA) is 32.7 Å². The average molecular weight is 396 g/mol. The lowest BCUT2D eigenvalue weighted by Crippen LogP contribution is -2.49. The SMILES string of the molecule is Oc1ccc(C(=C2CCCCC2)c2ccc(OCCN3CC(CF)C3)cc2)cc1. The first kappa shape index (κ1) is 20.0. The molecule has 0 bridgehead atoms. The van der Waals surface area contributed by atoms with Gasteiger partial charge < -0.3 is 9.84 Å². The normalized spacial score (nSPS) is 17.8. The van der Waals surface area contributed by atoms with Crippen LogP contribution in [0.4, 0.5) is 4.39 Å². The van der Waals surface area contributed by atoms with E-state index in [-0.39, 0.29) is 12.6 Å². The molecule has 1 aliphatic heterocycles. The molecule has 1 heterocycles. The van der Waals surface area contributed by atoms with Gasteiger partial charge in [-0.15, -0.1) is 0 Å². The zero-order valence-electron chi connectivity index (χ0n) is 16.9. The number of nitrogens with zero attached hydrogens (tertiary/aromatic N) is 1. The number of hydrogen-bond acceptors (Lipinski definition) is 3. The van der Waals surface area contributed by atoms with Gasteiger partial charge in [0.05, 0.1) is 6.67 Å². The summed E-state index contributed by atoms with van der Waals surface area (Å²) in [6.07, 6.45) is 6.09. The maximum Gasteiger partial charge on any atom is 0.119 e. The maximum absolute atomic E-state index is 12.5. The van der Waals surface area contributed by atoms with Gasteiger partial charge in [0.2, 0.25) is 0 Å². The first-order valence-corrected chi connectivity index (χ1v) is 10.8. The van der Waals surface area contributed by atoms with Crippen LogP contribution in [0.3, 0.4) is 0 Å². The van der Waals surface area contributed by atoms with Gasteiger partial charge in [-0.05, 0) is 66.6 Å². The Bertz CT molecular complexity index is 815. The number of hydrogen-bond donors (Lipinski definition) is 1. The molecule has 2 aliphatic rings. The molecule has 0 aromatic heterocycles. The van der Waals surface area contributed by atoms with Gasteiger partial charge in [0.1, 0.15) is 18.1 Å². The summed E-state index contributed by atoms with van der Waals surface area (Å²) in [7, 11) is 0. The van der Waals surface area contributed by atoms with Gasteiger partial charge >= 0.3 is 0 Å². The van der Waals surface area contributed by atoms with Crippen molar-refractivity contribution in [3.8, 4) is 11.5 Å². The number of alkyl halides is 1. The van der Waals surface area contributed by atoms with E-state index in [9.17, 15) is 9.50 Å². The molecule has 0 amide bonds. The van der Waals surface area contributed by atoms with Gasteiger partial charge in [-0.1, -0.05) is 36.3 Å². The number of ether oxygens (including phenoxy) is 1. The van der Waals surface area contributed by atoms with E-state index < -0.39 is 0 Å². The van der Waals surface area contributed by atoms with Gasteiger partial charge in [0, 0.05) is 25.6 Å². The summed E-state index contributed by atoms with van der Waals surface area (Å²) in [6, 6.07) is 15.9. The molecule has 0 unspecified atom stereocenters.